The van der Waals surface area contributed by atoms with Gasteiger partial charge in [0.25, 0.3) is 5.91 Å². The van der Waals surface area contributed by atoms with Crippen molar-refractivity contribution in [1.82, 2.24) is 15.5 Å². The number of amides is 3. The van der Waals surface area contributed by atoms with Crippen molar-refractivity contribution in [3.8, 4) is 0 Å². The van der Waals surface area contributed by atoms with E-state index in [0.29, 0.717) is 42.7 Å². The zero-order chi connectivity index (χ0) is 26.0. The fraction of sp³-hybridized carbons (Fsp3) is 0.423. The Labute approximate surface area is 208 Å². The van der Waals surface area contributed by atoms with E-state index in [0.717, 1.165) is 0 Å². The molecule has 1 unspecified atom stereocenters. The lowest BCUT2D eigenvalue weighted by Crippen LogP contribution is -2.59. The molecule has 1 atom stereocenters. The number of anilines is 1. The molecule has 2 aromatic carbocycles. The van der Waals surface area contributed by atoms with Crippen LogP contribution in [-0.4, -0.2) is 66.1 Å². The first-order chi connectivity index (χ1) is 17.1. The van der Waals surface area contributed by atoms with Crippen molar-refractivity contribution < 1.29 is 28.3 Å². The highest BCUT2D eigenvalue weighted by molar-refractivity contribution is 6.04. The number of rotatable bonds is 5. The third kappa shape index (κ3) is 5.18. The van der Waals surface area contributed by atoms with Crippen molar-refractivity contribution in [2.24, 2.45) is 0 Å². The van der Waals surface area contributed by atoms with Gasteiger partial charge in [-0.25, -0.2) is 13.6 Å². The van der Waals surface area contributed by atoms with Crippen molar-refractivity contribution in [1.29, 1.82) is 0 Å². The van der Waals surface area contributed by atoms with Crippen molar-refractivity contribution in [3.05, 3.63) is 64.7 Å². The normalized spacial score (nSPS) is 17.5. The summed E-state index contributed by atoms with van der Waals surface area (Å²) in [6, 6.07) is 8.01. The van der Waals surface area contributed by atoms with Gasteiger partial charge in [0.05, 0.1) is 17.2 Å². The van der Waals surface area contributed by atoms with Gasteiger partial charge in [0, 0.05) is 50.9 Å². The first-order valence-corrected chi connectivity index (χ1v) is 11.9. The van der Waals surface area contributed by atoms with E-state index in [1.807, 2.05) is 11.9 Å². The highest BCUT2D eigenvalue weighted by atomic mass is 19.1. The van der Waals surface area contributed by atoms with E-state index >= 15 is 0 Å². The summed E-state index contributed by atoms with van der Waals surface area (Å²) in [5.41, 5.74) is 1.07. The van der Waals surface area contributed by atoms with Gasteiger partial charge in [-0.15, -0.1) is 0 Å². The average Bonchev–Trinajstić information content (AvgIpc) is 2.85. The summed E-state index contributed by atoms with van der Waals surface area (Å²) in [6.07, 6.45) is 0.686. The van der Waals surface area contributed by atoms with Crippen LogP contribution in [0.3, 0.4) is 0 Å². The van der Waals surface area contributed by atoms with Crippen LogP contribution >= 0.6 is 0 Å². The molecule has 0 aliphatic carbocycles. The van der Waals surface area contributed by atoms with Crippen LogP contribution in [0, 0.1) is 11.6 Å². The molecule has 2 aliphatic rings. The van der Waals surface area contributed by atoms with Gasteiger partial charge in [-0.3, -0.25) is 9.59 Å². The molecule has 4 rings (SSSR count). The molecule has 36 heavy (non-hydrogen) atoms. The van der Waals surface area contributed by atoms with Crippen molar-refractivity contribution in [2.75, 3.05) is 31.6 Å². The van der Waals surface area contributed by atoms with Gasteiger partial charge in [0.15, 0.2) is 5.78 Å². The number of aliphatic hydroxyl groups excluding tert-OH is 1. The molecule has 2 heterocycles. The number of ketones is 1. The van der Waals surface area contributed by atoms with Crippen LogP contribution in [0.5, 0.6) is 0 Å². The lowest BCUT2D eigenvalue weighted by atomic mass is 9.77. The number of halogens is 2. The van der Waals surface area contributed by atoms with Crippen LogP contribution < -0.4 is 15.5 Å². The molecule has 0 bridgehead atoms. The average molecular weight is 501 g/mol. The Morgan fingerprint density at radius 3 is 2.53 bits per heavy atom. The van der Waals surface area contributed by atoms with Gasteiger partial charge < -0.3 is 25.5 Å². The number of nitrogens with one attached hydrogen (secondary N) is 2. The SMILES string of the molecule is CC(O)CNC(=O)c1cc(CNC(=O)N2CCC3(CC2)CC(=O)c2cc(F)ccc2N3C)ccc1F. The lowest BCUT2D eigenvalue weighted by molar-refractivity contribution is 0.0888. The van der Waals surface area contributed by atoms with Crippen LogP contribution in [0.2, 0.25) is 0 Å². The van der Waals surface area contributed by atoms with Crippen molar-refractivity contribution in [3.63, 3.8) is 0 Å². The summed E-state index contributed by atoms with van der Waals surface area (Å²) >= 11 is 0. The first-order valence-electron chi connectivity index (χ1n) is 11.9. The Bertz CT molecular complexity index is 1180. The number of likely N-dealkylation sites (tertiary alicyclic amines) is 1. The van der Waals surface area contributed by atoms with Crippen molar-refractivity contribution >= 4 is 23.4 Å². The smallest absolute Gasteiger partial charge is 0.317 e. The highest BCUT2D eigenvalue weighted by Gasteiger charge is 2.45. The minimum atomic E-state index is -0.757. The Balaban J connectivity index is 1.35. The molecule has 0 radical (unpaired) electrons. The lowest BCUT2D eigenvalue weighted by Gasteiger charge is -2.50. The monoisotopic (exact) mass is 500 g/mol. The minimum absolute atomic E-state index is 0.00105. The summed E-state index contributed by atoms with van der Waals surface area (Å²) < 4.78 is 27.8. The second kappa shape index (κ2) is 10.2. The third-order valence-corrected chi connectivity index (χ3v) is 7.08. The number of aliphatic hydroxyl groups is 1. The molecule has 8 nitrogen and oxygen atoms in total. The molecule has 0 saturated carbocycles. The predicted molar refractivity (Wildman–Crippen MR) is 130 cm³/mol. The summed E-state index contributed by atoms with van der Waals surface area (Å²) in [7, 11) is 1.91. The number of hydrogen-bond donors (Lipinski definition) is 3. The summed E-state index contributed by atoms with van der Waals surface area (Å²) in [5, 5.41) is 14.6. The van der Waals surface area contributed by atoms with Gasteiger partial charge in [0.1, 0.15) is 11.6 Å². The fourth-order valence-electron chi connectivity index (χ4n) is 4.91. The van der Waals surface area contributed by atoms with Crippen LogP contribution in [-0.2, 0) is 6.54 Å². The topological polar surface area (TPSA) is 102 Å². The number of Topliss-reactive ketones (excluding diaryl/α,β-unsaturated/α-hetero) is 1. The van der Waals surface area contributed by atoms with E-state index in [1.54, 1.807) is 11.0 Å². The Hall–Kier alpha value is -3.53. The van der Waals surface area contributed by atoms with Crippen LogP contribution in [0.15, 0.2) is 36.4 Å². The van der Waals surface area contributed by atoms with Crippen LogP contribution in [0.25, 0.3) is 0 Å². The number of hydrogen-bond acceptors (Lipinski definition) is 5. The van der Waals surface area contributed by atoms with Crippen LogP contribution in [0.1, 0.15) is 52.5 Å². The molecule has 3 amide bonds. The molecule has 2 aliphatic heterocycles. The molecule has 10 heteroatoms. The maximum atomic E-state index is 14.1. The molecular formula is C26H30F2N4O4. The molecule has 3 N–H and O–H groups in total. The fourth-order valence-corrected chi connectivity index (χ4v) is 4.91. The Kier molecular flexibility index (Phi) is 7.26. The van der Waals surface area contributed by atoms with E-state index in [1.165, 1.54) is 37.3 Å². The number of carbonyl (C=O) groups excluding carboxylic acids is 3. The molecular weight excluding hydrogens is 470 g/mol. The van der Waals surface area contributed by atoms with E-state index in [4.69, 9.17) is 0 Å². The van der Waals surface area contributed by atoms with Gasteiger partial charge in [-0.1, -0.05) is 6.07 Å². The third-order valence-electron chi connectivity index (χ3n) is 7.08. The number of piperidine rings is 1. The Morgan fingerprint density at radius 1 is 1.11 bits per heavy atom. The number of nitrogens with zero attached hydrogens (tertiary/aromatic N) is 2. The van der Waals surface area contributed by atoms with Gasteiger partial charge >= 0.3 is 6.03 Å². The molecule has 192 valence electrons. The first kappa shape index (κ1) is 25.6. The molecule has 1 spiro atoms. The molecule has 2 aromatic rings. The molecule has 1 fully saturated rings. The number of benzene rings is 2. The largest absolute Gasteiger partial charge is 0.392 e. The summed E-state index contributed by atoms with van der Waals surface area (Å²) in [5.74, 6) is -1.86. The maximum Gasteiger partial charge on any atom is 0.317 e. The zero-order valence-corrected chi connectivity index (χ0v) is 20.3. The van der Waals surface area contributed by atoms with Crippen LogP contribution in [0.4, 0.5) is 19.3 Å². The summed E-state index contributed by atoms with van der Waals surface area (Å²) in [6.45, 7) is 2.50. The second-order valence-electron chi connectivity index (χ2n) is 9.56. The van der Waals surface area contributed by atoms with Gasteiger partial charge in [-0.05, 0) is 55.7 Å². The number of carbonyl (C=O) groups is 3. The van der Waals surface area contributed by atoms with E-state index < -0.39 is 29.2 Å². The zero-order valence-electron chi connectivity index (χ0n) is 20.3. The molecule has 1 saturated heterocycles. The van der Waals surface area contributed by atoms with Gasteiger partial charge in [0.2, 0.25) is 0 Å². The Morgan fingerprint density at radius 2 is 1.83 bits per heavy atom. The summed E-state index contributed by atoms with van der Waals surface area (Å²) in [4.78, 5) is 41.5. The highest BCUT2D eigenvalue weighted by Crippen LogP contribution is 2.41. The minimum Gasteiger partial charge on any atom is -0.392 e. The quantitative estimate of drug-likeness (QED) is 0.586. The van der Waals surface area contributed by atoms with Gasteiger partial charge in [-0.2, -0.15) is 0 Å². The van der Waals surface area contributed by atoms with Crippen molar-refractivity contribution in [2.45, 2.75) is 44.4 Å². The second-order valence-corrected chi connectivity index (χ2v) is 9.56. The van der Waals surface area contributed by atoms with E-state index in [-0.39, 0.29) is 36.9 Å². The maximum absolute atomic E-state index is 14.1. The molecule has 0 aromatic heterocycles. The van der Waals surface area contributed by atoms with E-state index in [2.05, 4.69) is 10.6 Å². The van der Waals surface area contributed by atoms with E-state index in [9.17, 15) is 28.3 Å². The number of fused-ring (bicyclic) bond motifs is 1. The predicted octanol–water partition coefficient (Wildman–Crippen LogP) is 2.84. The number of urea groups is 1. The standard InChI is InChI=1S/C26H30F2N4O4/c1-16(33)14-29-24(35)19-11-17(3-5-21(19)28)15-30-25(36)32-9-7-26(8-10-32)13-23(34)20-12-18(27)4-6-22(20)31(26)2/h3-6,11-12,16,33H,7-10,13-15H2,1-2H3,(H,29,35)(H,30,36).